The van der Waals surface area contributed by atoms with Crippen LogP contribution in [0.1, 0.15) is 11.3 Å². The van der Waals surface area contributed by atoms with Crippen molar-refractivity contribution >= 4 is 11.6 Å². The molecule has 2 N–H and O–H groups in total. The molecule has 2 aromatic rings. The number of hydrogen-bond acceptors (Lipinski definition) is 3. The molecule has 0 saturated carbocycles. The lowest BCUT2D eigenvalue weighted by Gasteiger charge is -2.06. The maximum absolute atomic E-state index is 5.86. The van der Waals surface area contributed by atoms with Crippen LogP contribution >= 0.6 is 11.6 Å². The van der Waals surface area contributed by atoms with E-state index in [4.69, 9.17) is 22.1 Å². The van der Waals surface area contributed by atoms with Crippen molar-refractivity contribution in [2.24, 2.45) is 5.73 Å². The van der Waals surface area contributed by atoms with Gasteiger partial charge in [-0.3, -0.25) is 4.98 Å². The highest BCUT2D eigenvalue weighted by atomic mass is 35.5. The van der Waals surface area contributed by atoms with Crippen molar-refractivity contribution in [3.05, 3.63) is 58.9 Å². The second-order valence-electron chi connectivity index (χ2n) is 3.61. The number of hydrogen-bond donors (Lipinski definition) is 1. The van der Waals surface area contributed by atoms with Gasteiger partial charge in [-0.2, -0.15) is 0 Å². The van der Waals surface area contributed by atoms with E-state index < -0.39 is 0 Å². The van der Waals surface area contributed by atoms with Crippen LogP contribution in [0.5, 0.6) is 5.75 Å². The van der Waals surface area contributed by atoms with Crippen LogP contribution in [-0.4, -0.2) is 4.98 Å². The summed E-state index contributed by atoms with van der Waals surface area (Å²) in [5, 5.41) is 0.661. The van der Waals surface area contributed by atoms with E-state index in [9.17, 15) is 0 Å². The number of rotatable bonds is 4. The van der Waals surface area contributed by atoms with E-state index in [2.05, 4.69) is 4.98 Å². The lowest BCUT2D eigenvalue weighted by atomic mass is 10.2. The average molecular weight is 249 g/mol. The third kappa shape index (κ3) is 3.44. The normalized spacial score (nSPS) is 10.2. The Morgan fingerprint density at radius 1 is 1.24 bits per heavy atom. The molecule has 0 bridgehead atoms. The molecule has 17 heavy (non-hydrogen) atoms. The van der Waals surface area contributed by atoms with Gasteiger partial charge in [0.05, 0.1) is 5.69 Å². The van der Waals surface area contributed by atoms with Crippen LogP contribution in [0.25, 0.3) is 0 Å². The lowest BCUT2D eigenvalue weighted by molar-refractivity contribution is 0.301. The summed E-state index contributed by atoms with van der Waals surface area (Å²) >= 11 is 5.86. The second kappa shape index (κ2) is 5.66. The zero-order valence-corrected chi connectivity index (χ0v) is 10.0. The predicted molar refractivity (Wildman–Crippen MR) is 67.9 cm³/mol. The monoisotopic (exact) mass is 248 g/mol. The summed E-state index contributed by atoms with van der Waals surface area (Å²) in [6.45, 7) is 0.924. The smallest absolute Gasteiger partial charge is 0.130 e. The minimum absolute atomic E-state index is 0.422. The molecule has 0 fully saturated rings. The number of nitrogens with two attached hydrogens (primary N) is 1. The van der Waals surface area contributed by atoms with Gasteiger partial charge in [0.15, 0.2) is 0 Å². The molecule has 0 unspecified atom stereocenters. The molecule has 0 saturated heterocycles. The molecule has 1 heterocycles. The zero-order valence-electron chi connectivity index (χ0n) is 9.27. The van der Waals surface area contributed by atoms with Crippen molar-refractivity contribution in [3.8, 4) is 5.75 Å². The van der Waals surface area contributed by atoms with E-state index in [0.717, 1.165) is 17.0 Å². The molecule has 0 aliphatic carbocycles. The van der Waals surface area contributed by atoms with Crippen molar-refractivity contribution in [1.82, 2.24) is 4.98 Å². The molecule has 2 rings (SSSR count). The summed E-state index contributed by atoms with van der Waals surface area (Å²) < 4.78 is 5.57. The summed E-state index contributed by atoms with van der Waals surface area (Å²) in [6.07, 6.45) is 1.76. The second-order valence-corrected chi connectivity index (χ2v) is 4.04. The Kier molecular flexibility index (Phi) is 3.96. The maximum Gasteiger partial charge on any atom is 0.130 e. The highest BCUT2D eigenvalue weighted by molar-refractivity contribution is 6.30. The van der Waals surface area contributed by atoms with Gasteiger partial charge in [0, 0.05) is 17.8 Å². The molecular weight excluding hydrogens is 236 g/mol. The lowest BCUT2D eigenvalue weighted by Crippen LogP contribution is -2.01. The van der Waals surface area contributed by atoms with Gasteiger partial charge in [-0.25, -0.2) is 0 Å². The number of halogens is 1. The Morgan fingerprint density at radius 2 is 2.12 bits per heavy atom. The van der Waals surface area contributed by atoms with Crippen molar-refractivity contribution < 1.29 is 4.74 Å². The zero-order chi connectivity index (χ0) is 12.1. The van der Waals surface area contributed by atoms with Gasteiger partial charge in [0.1, 0.15) is 12.4 Å². The number of benzene rings is 1. The van der Waals surface area contributed by atoms with Gasteiger partial charge in [-0.1, -0.05) is 23.7 Å². The first-order valence-corrected chi connectivity index (χ1v) is 5.68. The third-order valence-corrected chi connectivity index (χ3v) is 2.54. The molecule has 0 amide bonds. The van der Waals surface area contributed by atoms with Crippen LogP contribution in [0.2, 0.25) is 5.02 Å². The molecule has 1 aromatic carbocycles. The maximum atomic E-state index is 5.86. The van der Waals surface area contributed by atoms with E-state index in [0.29, 0.717) is 18.2 Å². The Balaban J connectivity index is 1.97. The van der Waals surface area contributed by atoms with Crippen molar-refractivity contribution in [1.29, 1.82) is 0 Å². The summed E-state index contributed by atoms with van der Waals surface area (Å²) in [6, 6.07) is 11.2. The highest BCUT2D eigenvalue weighted by Gasteiger charge is 1.98. The van der Waals surface area contributed by atoms with E-state index in [1.165, 1.54) is 0 Å². The molecule has 0 radical (unpaired) electrons. The van der Waals surface area contributed by atoms with Crippen molar-refractivity contribution in [2.75, 3.05) is 0 Å². The van der Waals surface area contributed by atoms with Gasteiger partial charge in [-0.05, 0) is 29.8 Å². The van der Waals surface area contributed by atoms with Crippen LogP contribution in [0.15, 0.2) is 42.6 Å². The first-order valence-electron chi connectivity index (χ1n) is 5.30. The molecule has 0 spiro atoms. The minimum Gasteiger partial charge on any atom is -0.487 e. The van der Waals surface area contributed by atoms with Crippen LogP contribution in [-0.2, 0) is 13.2 Å². The van der Waals surface area contributed by atoms with E-state index >= 15 is 0 Å². The number of nitrogens with zero attached hydrogens (tertiary/aromatic N) is 1. The SMILES string of the molecule is NCc1ccc(COc2cccc(Cl)c2)nc1. The fraction of sp³-hybridized carbons (Fsp3) is 0.154. The molecule has 4 heteroatoms. The van der Waals surface area contributed by atoms with E-state index in [1.807, 2.05) is 30.3 Å². The standard InChI is InChI=1S/C13H13ClN2O/c14-11-2-1-3-13(6-11)17-9-12-5-4-10(7-15)8-16-12/h1-6,8H,7,9,15H2. The van der Waals surface area contributed by atoms with Crippen LogP contribution in [0.3, 0.4) is 0 Å². The molecule has 3 nitrogen and oxygen atoms in total. The summed E-state index contributed by atoms with van der Waals surface area (Å²) in [4.78, 5) is 4.25. The van der Waals surface area contributed by atoms with Gasteiger partial charge in [0.2, 0.25) is 0 Å². The fourth-order valence-corrected chi connectivity index (χ4v) is 1.56. The summed E-state index contributed by atoms with van der Waals surface area (Å²) in [5.74, 6) is 0.738. The van der Waals surface area contributed by atoms with E-state index in [-0.39, 0.29) is 0 Å². The average Bonchev–Trinajstić information content (AvgIpc) is 2.37. The van der Waals surface area contributed by atoms with Crippen LogP contribution < -0.4 is 10.5 Å². The molecule has 88 valence electrons. The molecule has 1 aromatic heterocycles. The molecule has 0 aliphatic rings. The van der Waals surface area contributed by atoms with Gasteiger partial charge in [0.25, 0.3) is 0 Å². The van der Waals surface area contributed by atoms with Crippen molar-refractivity contribution in [2.45, 2.75) is 13.2 Å². The minimum atomic E-state index is 0.422. The quantitative estimate of drug-likeness (QED) is 0.905. The topological polar surface area (TPSA) is 48.1 Å². The number of pyridine rings is 1. The first kappa shape index (κ1) is 11.9. The Hall–Kier alpha value is -1.58. The summed E-state index contributed by atoms with van der Waals surface area (Å²) in [5.41, 5.74) is 7.37. The predicted octanol–water partition coefficient (Wildman–Crippen LogP) is 2.77. The van der Waals surface area contributed by atoms with E-state index in [1.54, 1.807) is 12.3 Å². The largest absolute Gasteiger partial charge is 0.487 e. The number of ether oxygens (including phenoxy) is 1. The third-order valence-electron chi connectivity index (χ3n) is 2.30. The molecular formula is C13H13ClN2O. The Morgan fingerprint density at radius 3 is 2.76 bits per heavy atom. The Labute approximate surface area is 105 Å². The summed E-state index contributed by atoms with van der Waals surface area (Å²) in [7, 11) is 0. The highest BCUT2D eigenvalue weighted by Crippen LogP contribution is 2.18. The molecule has 0 atom stereocenters. The van der Waals surface area contributed by atoms with Crippen LogP contribution in [0, 0.1) is 0 Å². The Bertz CT molecular complexity index is 485. The van der Waals surface area contributed by atoms with Gasteiger partial charge < -0.3 is 10.5 Å². The fourth-order valence-electron chi connectivity index (χ4n) is 1.38. The van der Waals surface area contributed by atoms with Crippen molar-refractivity contribution in [3.63, 3.8) is 0 Å². The first-order chi connectivity index (χ1) is 8.28. The van der Waals surface area contributed by atoms with Gasteiger partial charge >= 0.3 is 0 Å². The number of aromatic nitrogens is 1. The van der Waals surface area contributed by atoms with Crippen LogP contribution in [0.4, 0.5) is 0 Å². The molecule has 0 aliphatic heterocycles. The van der Waals surface area contributed by atoms with Gasteiger partial charge in [-0.15, -0.1) is 0 Å².